The molecule has 3 aromatic rings. The summed E-state index contributed by atoms with van der Waals surface area (Å²) >= 11 is 0. The lowest BCUT2D eigenvalue weighted by Gasteiger charge is -2.29. The van der Waals surface area contributed by atoms with Crippen molar-refractivity contribution < 1.29 is 19.3 Å². The van der Waals surface area contributed by atoms with Crippen LogP contribution in [0.25, 0.3) is 0 Å². The topological polar surface area (TPSA) is 47.9 Å². The number of aliphatic hydroxyl groups is 1. The van der Waals surface area contributed by atoms with Crippen molar-refractivity contribution in [3.63, 3.8) is 0 Å². The summed E-state index contributed by atoms with van der Waals surface area (Å²) in [5, 5.41) is 10.9. The molecule has 0 unspecified atom stereocenters. The maximum atomic E-state index is 10.9. The fraction of sp³-hybridized carbons (Fsp3) is 0.259. The van der Waals surface area contributed by atoms with Crippen LogP contribution in [0.3, 0.4) is 0 Å². The van der Waals surface area contributed by atoms with Crippen molar-refractivity contribution in [1.82, 2.24) is 0 Å². The molecule has 4 nitrogen and oxygen atoms in total. The molecule has 0 heterocycles. The van der Waals surface area contributed by atoms with Crippen molar-refractivity contribution in [2.75, 3.05) is 6.61 Å². The number of hydrogen-bond donors (Lipinski definition) is 1. The van der Waals surface area contributed by atoms with Gasteiger partial charge < -0.3 is 19.3 Å². The highest BCUT2D eigenvalue weighted by molar-refractivity contribution is 5.15. The van der Waals surface area contributed by atoms with E-state index >= 15 is 0 Å². The number of aliphatic hydroxyl groups excluding tert-OH is 1. The van der Waals surface area contributed by atoms with Crippen molar-refractivity contribution in [1.29, 1.82) is 0 Å². The Balaban J connectivity index is 1.62. The van der Waals surface area contributed by atoms with Crippen LogP contribution in [0, 0.1) is 0 Å². The summed E-state index contributed by atoms with van der Waals surface area (Å²) in [6.45, 7) is 5.22. The zero-order valence-corrected chi connectivity index (χ0v) is 17.7. The Morgan fingerprint density at radius 1 is 0.677 bits per heavy atom. The Bertz CT molecular complexity index is 868. The minimum atomic E-state index is -0.869. The zero-order valence-electron chi connectivity index (χ0n) is 17.7. The Morgan fingerprint density at radius 3 is 1.61 bits per heavy atom. The maximum absolute atomic E-state index is 10.9. The van der Waals surface area contributed by atoms with E-state index in [4.69, 9.17) is 14.2 Å². The van der Waals surface area contributed by atoms with Crippen molar-refractivity contribution in [3.05, 3.63) is 120 Å². The number of ether oxygens (including phenoxy) is 3. The second-order valence-electron chi connectivity index (χ2n) is 7.33. The van der Waals surface area contributed by atoms with Crippen LogP contribution < -0.4 is 0 Å². The van der Waals surface area contributed by atoms with Gasteiger partial charge in [0.2, 0.25) is 0 Å². The standard InChI is InChI=1S/C27H30O4/c1-2-26(30-19-23-14-8-4-9-15-23)27(31-20-24-16-10-5-11-17-24)25(28)21-29-18-22-12-6-3-7-13-22/h2-17,25-28H,1,18-21H2/t25-,26-,27+/m1/s1. The number of hydrogen-bond acceptors (Lipinski definition) is 4. The molecule has 0 aliphatic carbocycles. The molecule has 0 saturated carbocycles. The van der Waals surface area contributed by atoms with E-state index in [1.807, 2.05) is 91.0 Å². The third-order valence-corrected chi connectivity index (χ3v) is 4.91. The summed E-state index contributed by atoms with van der Waals surface area (Å²) in [6, 6.07) is 29.6. The van der Waals surface area contributed by atoms with E-state index in [2.05, 4.69) is 6.58 Å². The van der Waals surface area contributed by atoms with Crippen LogP contribution in [-0.4, -0.2) is 30.0 Å². The van der Waals surface area contributed by atoms with Gasteiger partial charge >= 0.3 is 0 Å². The summed E-state index contributed by atoms with van der Waals surface area (Å²) in [6.07, 6.45) is -0.290. The van der Waals surface area contributed by atoms with Crippen molar-refractivity contribution >= 4 is 0 Å². The summed E-state index contributed by atoms with van der Waals surface area (Å²) in [4.78, 5) is 0. The zero-order chi connectivity index (χ0) is 21.7. The Kier molecular flexibility index (Phi) is 9.48. The molecule has 31 heavy (non-hydrogen) atoms. The van der Waals surface area contributed by atoms with Gasteiger partial charge in [0.25, 0.3) is 0 Å². The molecule has 0 saturated heterocycles. The Labute approximate surface area is 184 Å². The lowest BCUT2D eigenvalue weighted by Crippen LogP contribution is -2.42. The van der Waals surface area contributed by atoms with Crippen LogP contribution in [0.15, 0.2) is 104 Å². The average molecular weight is 419 g/mol. The third kappa shape index (κ3) is 7.78. The minimum Gasteiger partial charge on any atom is -0.388 e. The molecule has 0 bridgehead atoms. The summed E-state index contributed by atoms with van der Waals surface area (Å²) in [5.41, 5.74) is 3.12. The lowest BCUT2D eigenvalue weighted by molar-refractivity contribution is -0.133. The van der Waals surface area contributed by atoms with Crippen LogP contribution in [0.1, 0.15) is 16.7 Å². The Hall–Kier alpha value is -2.76. The number of benzene rings is 3. The first kappa shape index (κ1) is 22.9. The van der Waals surface area contributed by atoms with Gasteiger partial charge in [0, 0.05) is 0 Å². The molecular formula is C27H30O4. The first-order valence-electron chi connectivity index (χ1n) is 10.5. The fourth-order valence-electron chi connectivity index (χ4n) is 3.22. The summed E-state index contributed by atoms with van der Waals surface area (Å²) < 4.78 is 17.9. The molecule has 162 valence electrons. The van der Waals surface area contributed by atoms with Gasteiger partial charge in [-0.15, -0.1) is 6.58 Å². The molecule has 0 aliphatic rings. The maximum Gasteiger partial charge on any atom is 0.116 e. The molecule has 0 aromatic heterocycles. The third-order valence-electron chi connectivity index (χ3n) is 4.91. The highest BCUT2D eigenvalue weighted by Crippen LogP contribution is 2.17. The van der Waals surface area contributed by atoms with Crippen molar-refractivity contribution in [3.8, 4) is 0 Å². The first-order chi connectivity index (χ1) is 15.3. The van der Waals surface area contributed by atoms with Crippen molar-refractivity contribution in [2.45, 2.75) is 38.1 Å². The van der Waals surface area contributed by atoms with Gasteiger partial charge in [0.1, 0.15) is 18.3 Å². The molecule has 0 fully saturated rings. The Morgan fingerprint density at radius 2 is 1.13 bits per heavy atom. The normalized spacial score (nSPS) is 14.0. The lowest BCUT2D eigenvalue weighted by atomic mass is 10.1. The molecule has 1 N–H and O–H groups in total. The predicted molar refractivity (Wildman–Crippen MR) is 122 cm³/mol. The quantitative estimate of drug-likeness (QED) is 0.400. The van der Waals surface area contributed by atoms with Gasteiger partial charge in [-0.25, -0.2) is 0 Å². The summed E-state index contributed by atoms with van der Waals surface area (Å²) in [7, 11) is 0. The van der Waals surface area contributed by atoms with E-state index in [9.17, 15) is 5.11 Å². The molecule has 0 amide bonds. The van der Waals surface area contributed by atoms with Gasteiger partial charge in [0.05, 0.1) is 26.4 Å². The van der Waals surface area contributed by atoms with Crippen LogP contribution >= 0.6 is 0 Å². The molecule has 3 rings (SSSR count). The second-order valence-corrected chi connectivity index (χ2v) is 7.33. The van der Waals surface area contributed by atoms with Crippen LogP contribution in [0.4, 0.5) is 0 Å². The van der Waals surface area contributed by atoms with E-state index in [1.165, 1.54) is 0 Å². The highest BCUT2D eigenvalue weighted by atomic mass is 16.6. The van der Waals surface area contributed by atoms with Gasteiger partial charge in [0.15, 0.2) is 0 Å². The second kappa shape index (κ2) is 12.8. The van der Waals surface area contributed by atoms with Crippen LogP contribution in [0.5, 0.6) is 0 Å². The average Bonchev–Trinajstić information content (AvgIpc) is 2.83. The summed E-state index contributed by atoms with van der Waals surface area (Å²) in [5.74, 6) is 0. The fourth-order valence-corrected chi connectivity index (χ4v) is 3.22. The van der Waals surface area contributed by atoms with Gasteiger partial charge in [-0.3, -0.25) is 0 Å². The smallest absolute Gasteiger partial charge is 0.116 e. The van der Waals surface area contributed by atoms with Gasteiger partial charge in [-0.05, 0) is 16.7 Å². The molecule has 4 heteroatoms. The molecule has 0 aliphatic heterocycles. The van der Waals surface area contributed by atoms with E-state index in [1.54, 1.807) is 6.08 Å². The largest absolute Gasteiger partial charge is 0.388 e. The van der Waals surface area contributed by atoms with E-state index < -0.39 is 18.3 Å². The van der Waals surface area contributed by atoms with Crippen LogP contribution in [-0.2, 0) is 34.0 Å². The molecule has 3 aromatic carbocycles. The van der Waals surface area contributed by atoms with Crippen molar-refractivity contribution in [2.24, 2.45) is 0 Å². The van der Waals surface area contributed by atoms with E-state index in [0.29, 0.717) is 19.8 Å². The van der Waals surface area contributed by atoms with Gasteiger partial charge in [-0.1, -0.05) is 97.1 Å². The molecule has 0 radical (unpaired) electrons. The SMILES string of the molecule is C=C[C@@H](OCc1ccccc1)[C@@H](OCc1ccccc1)[C@H](O)COCc1ccccc1. The van der Waals surface area contributed by atoms with E-state index in [-0.39, 0.29) is 6.61 Å². The van der Waals surface area contributed by atoms with E-state index in [0.717, 1.165) is 16.7 Å². The molecular weight excluding hydrogens is 388 g/mol. The van der Waals surface area contributed by atoms with Gasteiger partial charge in [-0.2, -0.15) is 0 Å². The number of rotatable bonds is 13. The predicted octanol–water partition coefficient (Wildman–Crippen LogP) is 4.92. The monoisotopic (exact) mass is 418 g/mol. The minimum absolute atomic E-state index is 0.132. The highest BCUT2D eigenvalue weighted by Gasteiger charge is 2.28. The molecule has 3 atom stereocenters. The first-order valence-corrected chi connectivity index (χ1v) is 10.5. The molecule has 0 spiro atoms. The van der Waals surface area contributed by atoms with Crippen LogP contribution in [0.2, 0.25) is 0 Å².